The lowest BCUT2D eigenvalue weighted by molar-refractivity contribution is 0.102. The summed E-state index contributed by atoms with van der Waals surface area (Å²) in [6.07, 6.45) is 1.57. The van der Waals surface area contributed by atoms with Crippen LogP contribution in [0.3, 0.4) is 0 Å². The van der Waals surface area contributed by atoms with Crippen molar-refractivity contribution in [2.24, 2.45) is 0 Å². The number of rotatable bonds is 4. The van der Waals surface area contributed by atoms with E-state index in [1.807, 2.05) is 27.7 Å². The first-order valence-corrected chi connectivity index (χ1v) is 7.11. The van der Waals surface area contributed by atoms with E-state index in [4.69, 9.17) is 4.52 Å². The molecule has 1 amide bonds. The summed E-state index contributed by atoms with van der Waals surface area (Å²) in [7, 11) is 0. The Hall–Kier alpha value is -1.69. The Morgan fingerprint density at radius 2 is 2.05 bits per heavy atom. The maximum absolute atomic E-state index is 12.2. The van der Waals surface area contributed by atoms with E-state index < -0.39 is 0 Å². The molecule has 1 N–H and O–H groups in total. The quantitative estimate of drug-likeness (QED) is 0.933. The molecule has 0 aliphatic carbocycles. The molecular weight excluding hydrogens is 262 g/mol. The Kier molecular flexibility index (Phi) is 3.99. The fraction of sp³-hybridized carbons (Fsp3) is 0.462. The van der Waals surface area contributed by atoms with Crippen LogP contribution in [0.25, 0.3) is 0 Å². The SMILES string of the molecule is CCc1noc(NC(=O)c2sc(C)nc2C)c1CC. The highest BCUT2D eigenvalue weighted by molar-refractivity contribution is 7.13. The van der Waals surface area contributed by atoms with Gasteiger partial charge >= 0.3 is 0 Å². The van der Waals surface area contributed by atoms with Gasteiger partial charge in [-0.05, 0) is 26.7 Å². The lowest BCUT2D eigenvalue weighted by Crippen LogP contribution is -2.12. The normalized spacial score (nSPS) is 10.7. The molecule has 19 heavy (non-hydrogen) atoms. The topological polar surface area (TPSA) is 68.0 Å². The first kappa shape index (κ1) is 13.7. The Morgan fingerprint density at radius 3 is 2.58 bits per heavy atom. The van der Waals surface area contributed by atoms with Crippen molar-refractivity contribution in [3.63, 3.8) is 0 Å². The summed E-state index contributed by atoms with van der Waals surface area (Å²) in [5, 5.41) is 7.65. The van der Waals surface area contributed by atoms with Crippen molar-refractivity contribution in [2.75, 3.05) is 5.32 Å². The van der Waals surface area contributed by atoms with Gasteiger partial charge in [-0.3, -0.25) is 10.1 Å². The molecule has 0 spiro atoms. The summed E-state index contributed by atoms with van der Waals surface area (Å²) < 4.78 is 5.22. The molecule has 0 aromatic carbocycles. The van der Waals surface area contributed by atoms with Crippen LogP contribution in [-0.4, -0.2) is 16.0 Å². The average molecular weight is 279 g/mol. The van der Waals surface area contributed by atoms with Gasteiger partial charge in [0.1, 0.15) is 4.88 Å². The van der Waals surface area contributed by atoms with Gasteiger partial charge in [0.2, 0.25) is 5.88 Å². The van der Waals surface area contributed by atoms with Gasteiger partial charge in [-0.25, -0.2) is 4.98 Å². The van der Waals surface area contributed by atoms with Crippen LogP contribution in [0.1, 0.15) is 45.5 Å². The summed E-state index contributed by atoms with van der Waals surface area (Å²) in [4.78, 5) is 17.1. The van der Waals surface area contributed by atoms with E-state index in [0.29, 0.717) is 10.8 Å². The first-order valence-electron chi connectivity index (χ1n) is 6.29. The number of aromatic nitrogens is 2. The van der Waals surface area contributed by atoms with Gasteiger partial charge in [0.15, 0.2) is 0 Å². The molecule has 0 unspecified atom stereocenters. The number of thiazole rings is 1. The number of nitrogens with zero attached hydrogens (tertiary/aromatic N) is 2. The van der Waals surface area contributed by atoms with Gasteiger partial charge in [-0.1, -0.05) is 19.0 Å². The molecule has 0 radical (unpaired) electrons. The molecule has 0 atom stereocenters. The van der Waals surface area contributed by atoms with Gasteiger partial charge in [0.25, 0.3) is 5.91 Å². The predicted molar refractivity (Wildman–Crippen MR) is 74.8 cm³/mol. The van der Waals surface area contributed by atoms with Crippen LogP contribution in [-0.2, 0) is 12.8 Å². The van der Waals surface area contributed by atoms with E-state index in [1.54, 1.807) is 0 Å². The minimum atomic E-state index is -0.184. The van der Waals surface area contributed by atoms with Crippen molar-refractivity contribution in [2.45, 2.75) is 40.5 Å². The third-order valence-corrected chi connectivity index (χ3v) is 3.97. The molecule has 2 aromatic rings. The molecule has 2 heterocycles. The summed E-state index contributed by atoms with van der Waals surface area (Å²) in [6, 6.07) is 0. The standard InChI is InChI=1S/C13H17N3O2S/c1-5-9-10(6-2)16-18-13(9)15-12(17)11-7(3)14-8(4)19-11/h5-6H2,1-4H3,(H,15,17). The molecule has 0 aliphatic heterocycles. The van der Waals surface area contributed by atoms with Crippen LogP contribution >= 0.6 is 11.3 Å². The number of nitrogens with one attached hydrogen (secondary N) is 1. The van der Waals surface area contributed by atoms with E-state index >= 15 is 0 Å². The van der Waals surface area contributed by atoms with Gasteiger partial charge in [0, 0.05) is 5.56 Å². The highest BCUT2D eigenvalue weighted by Crippen LogP contribution is 2.23. The summed E-state index contributed by atoms with van der Waals surface area (Å²) >= 11 is 1.38. The third-order valence-electron chi connectivity index (χ3n) is 2.89. The Labute approximate surface area is 116 Å². The van der Waals surface area contributed by atoms with Crippen molar-refractivity contribution >= 4 is 23.1 Å². The van der Waals surface area contributed by atoms with Gasteiger partial charge < -0.3 is 4.52 Å². The molecular formula is C13H17N3O2S. The molecule has 0 fully saturated rings. The molecule has 0 aliphatic rings. The molecule has 2 aromatic heterocycles. The Bertz CT molecular complexity index is 601. The maximum Gasteiger partial charge on any atom is 0.270 e. The molecule has 0 bridgehead atoms. The number of hydrogen-bond acceptors (Lipinski definition) is 5. The zero-order valence-electron chi connectivity index (χ0n) is 11.5. The summed E-state index contributed by atoms with van der Waals surface area (Å²) in [6.45, 7) is 7.75. The van der Waals surface area contributed by atoms with Crippen molar-refractivity contribution < 1.29 is 9.32 Å². The number of carbonyl (C=O) groups is 1. The van der Waals surface area contributed by atoms with E-state index in [-0.39, 0.29) is 5.91 Å². The van der Waals surface area contributed by atoms with E-state index in [9.17, 15) is 4.79 Å². The van der Waals surface area contributed by atoms with Crippen molar-refractivity contribution in [3.05, 3.63) is 26.8 Å². The number of aryl methyl sites for hydroxylation is 3. The fourth-order valence-electron chi connectivity index (χ4n) is 1.98. The molecule has 6 heteroatoms. The lowest BCUT2D eigenvalue weighted by Gasteiger charge is -2.02. The van der Waals surface area contributed by atoms with E-state index in [1.165, 1.54) is 11.3 Å². The molecule has 2 rings (SSSR count). The van der Waals surface area contributed by atoms with Gasteiger partial charge in [0.05, 0.1) is 16.4 Å². The monoisotopic (exact) mass is 279 g/mol. The lowest BCUT2D eigenvalue weighted by atomic mass is 10.1. The average Bonchev–Trinajstić information content (AvgIpc) is 2.91. The first-order chi connectivity index (χ1) is 9.06. The minimum absolute atomic E-state index is 0.184. The van der Waals surface area contributed by atoms with Crippen molar-refractivity contribution in [1.82, 2.24) is 10.1 Å². The number of anilines is 1. The number of hydrogen-bond donors (Lipinski definition) is 1. The van der Waals surface area contributed by atoms with Crippen molar-refractivity contribution in [1.29, 1.82) is 0 Å². The van der Waals surface area contributed by atoms with Crippen LogP contribution in [0, 0.1) is 13.8 Å². The van der Waals surface area contributed by atoms with E-state index in [0.717, 1.165) is 34.8 Å². The highest BCUT2D eigenvalue weighted by Gasteiger charge is 2.19. The van der Waals surface area contributed by atoms with E-state index in [2.05, 4.69) is 15.5 Å². The number of amides is 1. The van der Waals surface area contributed by atoms with Crippen LogP contribution < -0.4 is 5.32 Å². The second kappa shape index (κ2) is 5.52. The zero-order valence-corrected chi connectivity index (χ0v) is 12.3. The van der Waals surface area contributed by atoms with Gasteiger partial charge in [-0.15, -0.1) is 11.3 Å². The largest absolute Gasteiger partial charge is 0.338 e. The highest BCUT2D eigenvalue weighted by atomic mass is 32.1. The Balaban J connectivity index is 2.24. The zero-order chi connectivity index (χ0) is 14.0. The molecule has 5 nitrogen and oxygen atoms in total. The fourth-order valence-corrected chi connectivity index (χ4v) is 2.80. The predicted octanol–water partition coefficient (Wildman–Crippen LogP) is 3.13. The van der Waals surface area contributed by atoms with Gasteiger partial charge in [-0.2, -0.15) is 0 Å². The van der Waals surface area contributed by atoms with Crippen LogP contribution in [0.4, 0.5) is 5.88 Å². The van der Waals surface area contributed by atoms with Crippen LogP contribution in [0.5, 0.6) is 0 Å². The summed E-state index contributed by atoms with van der Waals surface area (Å²) in [5.74, 6) is 0.270. The maximum atomic E-state index is 12.2. The summed E-state index contributed by atoms with van der Waals surface area (Å²) in [5.41, 5.74) is 2.61. The third kappa shape index (κ3) is 2.68. The smallest absolute Gasteiger partial charge is 0.270 e. The second-order valence-electron chi connectivity index (χ2n) is 4.25. The number of carbonyl (C=O) groups excluding carboxylic acids is 1. The molecule has 0 saturated carbocycles. The molecule has 102 valence electrons. The van der Waals surface area contributed by atoms with Crippen LogP contribution in [0.2, 0.25) is 0 Å². The second-order valence-corrected chi connectivity index (χ2v) is 5.45. The Morgan fingerprint density at radius 1 is 1.32 bits per heavy atom. The van der Waals surface area contributed by atoms with Crippen LogP contribution in [0.15, 0.2) is 4.52 Å². The minimum Gasteiger partial charge on any atom is -0.338 e. The van der Waals surface area contributed by atoms with Crippen molar-refractivity contribution in [3.8, 4) is 0 Å². The molecule has 0 saturated heterocycles.